The van der Waals surface area contributed by atoms with Crippen molar-refractivity contribution in [3.05, 3.63) is 12.2 Å². The number of imide groups is 1. The Kier molecular flexibility index (Phi) is 2.81. The Morgan fingerprint density at radius 1 is 1.18 bits per heavy atom. The lowest BCUT2D eigenvalue weighted by atomic mass is 9.63. The van der Waals surface area contributed by atoms with Crippen molar-refractivity contribution in [2.75, 3.05) is 0 Å². The smallest absolute Gasteiger partial charge is 0.326 e. The maximum absolute atomic E-state index is 12.8. The molecule has 7 unspecified atom stereocenters. The second-order valence-electron chi connectivity index (χ2n) is 7.68. The lowest BCUT2D eigenvalue weighted by Gasteiger charge is -2.37. The van der Waals surface area contributed by atoms with Crippen molar-refractivity contribution in [1.82, 2.24) is 4.90 Å². The maximum atomic E-state index is 12.8. The topological polar surface area (TPSA) is 74.7 Å². The Labute approximate surface area is 129 Å². The van der Waals surface area contributed by atoms with E-state index in [1.807, 2.05) is 13.8 Å². The van der Waals surface area contributed by atoms with Crippen LogP contribution in [0.25, 0.3) is 0 Å². The largest absolute Gasteiger partial charge is 0.480 e. The Morgan fingerprint density at radius 2 is 1.68 bits per heavy atom. The van der Waals surface area contributed by atoms with E-state index in [0.29, 0.717) is 18.3 Å². The molecule has 2 amide bonds. The Morgan fingerprint density at radius 3 is 2.09 bits per heavy atom. The van der Waals surface area contributed by atoms with E-state index in [1.165, 1.54) is 0 Å². The average molecular weight is 303 g/mol. The molecule has 4 aliphatic carbocycles. The first-order valence-corrected chi connectivity index (χ1v) is 8.20. The van der Waals surface area contributed by atoms with Crippen LogP contribution >= 0.6 is 0 Å². The maximum Gasteiger partial charge on any atom is 0.326 e. The van der Waals surface area contributed by atoms with Crippen molar-refractivity contribution < 1.29 is 19.5 Å². The highest BCUT2D eigenvalue weighted by Gasteiger charge is 2.67. The molecule has 2 bridgehead atoms. The fraction of sp³-hybridized carbons (Fsp3) is 0.706. The zero-order chi connectivity index (χ0) is 15.8. The molecule has 22 heavy (non-hydrogen) atoms. The molecule has 7 atom stereocenters. The molecule has 5 rings (SSSR count). The van der Waals surface area contributed by atoms with Gasteiger partial charge in [-0.1, -0.05) is 26.0 Å². The van der Waals surface area contributed by atoms with Crippen molar-refractivity contribution in [2.45, 2.75) is 32.7 Å². The van der Waals surface area contributed by atoms with Gasteiger partial charge in [-0.25, -0.2) is 4.79 Å². The zero-order valence-electron chi connectivity index (χ0n) is 12.8. The number of amides is 2. The van der Waals surface area contributed by atoms with E-state index in [2.05, 4.69) is 12.2 Å². The molecule has 5 aliphatic rings. The number of hydrogen-bond donors (Lipinski definition) is 1. The molecule has 0 aromatic carbocycles. The third kappa shape index (κ3) is 1.68. The summed E-state index contributed by atoms with van der Waals surface area (Å²) in [5.74, 6) is -0.666. The zero-order valence-corrected chi connectivity index (χ0v) is 12.8. The normalized spacial score (nSPS) is 42.6. The van der Waals surface area contributed by atoms with Crippen LogP contribution in [0.5, 0.6) is 0 Å². The molecule has 1 aliphatic heterocycles. The van der Waals surface area contributed by atoms with Crippen LogP contribution < -0.4 is 0 Å². The molecule has 118 valence electrons. The predicted molar refractivity (Wildman–Crippen MR) is 77.4 cm³/mol. The van der Waals surface area contributed by atoms with Crippen LogP contribution in [0.4, 0.5) is 0 Å². The van der Waals surface area contributed by atoms with E-state index >= 15 is 0 Å². The fourth-order valence-corrected chi connectivity index (χ4v) is 5.05. The van der Waals surface area contributed by atoms with Gasteiger partial charge in [-0.05, 0) is 42.4 Å². The van der Waals surface area contributed by atoms with Crippen LogP contribution in [0.3, 0.4) is 0 Å². The van der Waals surface area contributed by atoms with Crippen molar-refractivity contribution in [1.29, 1.82) is 0 Å². The molecule has 0 aromatic rings. The molecule has 1 saturated heterocycles. The summed E-state index contributed by atoms with van der Waals surface area (Å²) in [7, 11) is 0. The highest BCUT2D eigenvalue weighted by Crippen LogP contribution is 2.65. The number of aliphatic carboxylic acids is 1. The van der Waals surface area contributed by atoms with Gasteiger partial charge in [0.05, 0.1) is 11.8 Å². The van der Waals surface area contributed by atoms with Gasteiger partial charge in [-0.3, -0.25) is 14.5 Å². The van der Waals surface area contributed by atoms with E-state index in [9.17, 15) is 19.5 Å². The second-order valence-corrected chi connectivity index (χ2v) is 7.68. The molecule has 5 heteroatoms. The summed E-state index contributed by atoms with van der Waals surface area (Å²) in [6, 6.07) is -1.01. The summed E-state index contributed by atoms with van der Waals surface area (Å²) < 4.78 is 0. The van der Waals surface area contributed by atoms with Crippen molar-refractivity contribution in [3.8, 4) is 0 Å². The molecule has 0 aromatic heterocycles. The van der Waals surface area contributed by atoms with Crippen LogP contribution in [-0.4, -0.2) is 33.8 Å². The van der Waals surface area contributed by atoms with Gasteiger partial charge in [0.2, 0.25) is 11.8 Å². The van der Waals surface area contributed by atoms with Gasteiger partial charge in [0.25, 0.3) is 0 Å². The number of allylic oxidation sites excluding steroid dienone is 2. The van der Waals surface area contributed by atoms with Crippen LogP contribution in [0.1, 0.15) is 26.7 Å². The first-order chi connectivity index (χ1) is 10.4. The van der Waals surface area contributed by atoms with E-state index in [4.69, 9.17) is 0 Å². The molecule has 2 saturated carbocycles. The van der Waals surface area contributed by atoms with Crippen LogP contribution in [0.2, 0.25) is 0 Å². The predicted octanol–water partition coefficient (Wildman–Crippen LogP) is 1.54. The van der Waals surface area contributed by atoms with Crippen molar-refractivity contribution in [3.63, 3.8) is 0 Å². The van der Waals surface area contributed by atoms with E-state index in [1.54, 1.807) is 0 Å². The monoisotopic (exact) mass is 303 g/mol. The number of carboxylic acid groups (broad SMARTS) is 1. The molecular weight excluding hydrogens is 282 g/mol. The van der Waals surface area contributed by atoms with Crippen LogP contribution in [-0.2, 0) is 14.4 Å². The summed E-state index contributed by atoms with van der Waals surface area (Å²) in [5.41, 5.74) is 0. The van der Waals surface area contributed by atoms with Gasteiger partial charge in [-0.15, -0.1) is 0 Å². The second kappa shape index (κ2) is 4.43. The summed E-state index contributed by atoms with van der Waals surface area (Å²) in [6.07, 6.45) is 5.64. The molecule has 1 heterocycles. The number of carbonyl (C=O) groups excluding carboxylic acids is 2. The summed E-state index contributed by atoms with van der Waals surface area (Å²) in [5, 5.41) is 9.50. The molecule has 5 nitrogen and oxygen atoms in total. The Bertz CT molecular complexity index is 559. The molecule has 1 N–H and O–H groups in total. The third-order valence-corrected chi connectivity index (χ3v) is 5.99. The lowest BCUT2D eigenvalue weighted by molar-refractivity contribution is -0.155. The molecule has 3 fully saturated rings. The third-order valence-electron chi connectivity index (χ3n) is 5.99. The number of carboxylic acids is 1. The minimum atomic E-state index is -1.07. The highest BCUT2D eigenvalue weighted by molar-refractivity contribution is 6.08. The van der Waals surface area contributed by atoms with Gasteiger partial charge >= 0.3 is 5.97 Å². The first kappa shape index (κ1) is 14.0. The van der Waals surface area contributed by atoms with Gasteiger partial charge in [0, 0.05) is 0 Å². The standard InChI is InChI=1S/C17H21NO4/c1-7(2)5-12(17(21)22)18-15(19)13-8-3-4-9(11-6-10(8)11)14(13)16(18)20/h3-4,7-14H,5-6H2,1-2H3,(H,21,22). The average Bonchev–Trinajstić information content (AvgIpc) is 3.22. The number of likely N-dealkylation sites (tertiary alicyclic amines) is 1. The Balaban J connectivity index is 1.68. The van der Waals surface area contributed by atoms with E-state index < -0.39 is 12.0 Å². The molecular formula is C17H21NO4. The minimum absolute atomic E-state index is 0.118. The highest BCUT2D eigenvalue weighted by atomic mass is 16.4. The van der Waals surface area contributed by atoms with E-state index in [-0.39, 0.29) is 41.4 Å². The quantitative estimate of drug-likeness (QED) is 0.631. The molecule has 0 radical (unpaired) electrons. The Hall–Kier alpha value is -1.65. The number of carbonyl (C=O) groups is 3. The minimum Gasteiger partial charge on any atom is -0.480 e. The number of rotatable bonds is 4. The summed E-state index contributed by atoms with van der Waals surface area (Å²) in [6.45, 7) is 3.82. The van der Waals surface area contributed by atoms with Crippen LogP contribution in [0, 0.1) is 41.4 Å². The van der Waals surface area contributed by atoms with Crippen molar-refractivity contribution in [2.24, 2.45) is 41.4 Å². The van der Waals surface area contributed by atoms with E-state index in [0.717, 1.165) is 11.3 Å². The van der Waals surface area contributed by atoms with Crippen LogP contribution in [0.15, 0.2) is 12.2 Å². The summed E-state index contributed by atoms with van der Waals surface area (Å²) >= 11 is 0. The first-order valence-electron chi connectivity index (χ1n) is 8.20. The van der Waals surface area contributed by atoms with Crippen molar-refractivity contribution >= 4 is 17.8 Å². The molecule has 0 spiro atoms. The number of nitrogens with zero attached hydrogens (tertiary/aromatic N) is 1. The fourth-order valence-electron chi connectivity index (χ4n) is 5.05. The SMILES string of the molecule is CC(C)CC(C(=O)O)N1C(=O)C2C3C=CC(C4CC34)C2C1=O. The van der Waals surface area contributed by atoms with Gasteiger partial charge in [-0.2, -0.15) is 0 Å². The summed E-state index contributed by atoms with van der Waals surface area (Å²) in [4.78, 5) is 38.4. The van der Waals surface area contributed by atoms with Gasteiger partial charge in [0.1, 0.15) is 6.04 Å². The lowest BCUT2D eigenvalue weighted by Crippen LogP contribution is -2.46. The van der Waals surface area contributed by atoms with Gasteiger partial charge in [0.15, 0.2) is 0 Å². The van der Waals surface area contributed by atoms with Gasteiger partial charge < -0.3 is 5.11 Å². The number of hydrogen-bond acceptors (Lipinski definition) is 3.